The van der Waals surface area contributed by atoms with Crippen molar-refractivity contribution in [1.82, 2.24) is 5.32 Å². The molecule has 0 aliphatic carbocycles. The molecule has 1 heterocycles. The summed E-state index contributed by atoms with van der Waals surface area (Å²) in [6.45, 7) is 4.42. The van der Waals surface area contributed by atoms with Crippen molar-refractivity contribution < 1.29 is 49.3 Å². The quantitative estimate of drug-likeness (QED) is 0.0195. The molecule has 574 valence electrons. The van der Waals surface area contributed by atoms with Crippen LogP contribution in [-0.2, 0) is 23.8 Å². The number of ether oxygens (including phenoxy) is 3. The Labute approximate surface area is 601 Å². The van der Waals surface area contributed by atoms with E-state index in [0.29, 0.717) is 19.4 Å². The molecule has 7 atom stereocenters. The zero-order valence-electron chi connectivity index (χ0n) is 64.3. The van der Waals surface area contributed by atoms with E-state index in [1.165, 1.54) is 372 Å². The van der Waals surface area contributed by atoms with Gasteiger partial charge in [0.05, 0.1) is 32.0 Å². The first kappa shape index (κ1) is 93.2. The zero-order valence-corrected chi connectivity index (χ0v) is 64.3. The van der Waals surface area contributed by atoms with E-state index in [4.69, 9.17) is 14.2 Å². The van der Waals surface area contributed by atoms with Crippen LogP contribution in [-0.4, -0.2) is 100 Å². The SMILES string of the molecule is CCCCCCCCCCCCCC/C=C/C(O)C(COC1OC(CO)C(O)C(O)C1O)NC(=O)CCCCCCCCCCCCCCCCCCC/C=C\CCCCCCCCCCCCCCCCCCCCOC(=O)CCCCCCCCCCCCCCCCCC. The molecule has 0 aromatic heterocycles. The number of allylic oxidation sites excluding steroid dienone is 3. The van der Waals surface area contributed by atoms with Crippen molar-refractivity contribution in [3.8, 4) is 0 Å². The molecule has 11 heteroatoms. The number of carbonyl (C=O) groups is 2. The minimum absolute atomic E-state index is 0.0214. The number of rotatable bonds is 78. The molecule has 1 aliphatic rings. The molecule has 0 radical (unpaired) electrons. The van der Waals surface area contributed by atoms with E-state index < -0.39 is 49.5 Å². The second-order valence-corrected chi connectivity index (χ2v) is 30.2. The lowest BCUT2D eigenvalue weighted by Gasteiger charge is -2.40. The standard InChI is InChI=1S/C86H165NO10/c1-3-5-7-9-11-13-15-17-19-46-50-54-58-62-66-70-74-82(91)95-75-71-67-63-59-55-51-47-44-42-40-38-36-34-32-30-28-26-24-22-20-21-23-25-27-29-31-33-35-37-39-41-43-45-49-53-57-61-65-69-73-81(90)87-78(77-96-86-85(94)84(93)83(92)80(76-88)97-86)79(89)72-68-64-60-56-52-48-18-16-14-12-10-8-6-4-2/h20-21,68,72,78-80,83-86,88-89,92-94H,3-19,22-67,69-71,73-77H2,1-2H3,(H,87,90)/b21-20-,72-68+. The van der Waals surface area contributed by atoms with Crippen molar-refractivity contribution in [3.05, 3.63) is 24.3 Å². The number of esters is 1. The Balaban J connectivity index is 1.87. The van der Waals surface area contributed by atoms with E-state index in [1.54, 1.807) is 6.08 Å². The van der Waals surface area contributed by atoms with Gasteiger partial charge in [-0.25, -0.2) is 0 Å². The van der Waals surface area contributed by atoms with E-state index in [-0.39, 0.29) is 18.5 Å². The number of hydrogen-bond donors (Lipinski definition) is 6. The fourth-order valence-electron chi connectivity index (χ4n) is 14.1. The molecule has 97 heavy (non-hydrogen) atoms. The van der Waals surface area contributed by atoms with Gasteiger partial charge in [0.25, 0.3) is 0 Å². The topological polar surface area (TPSA) is 175 Å². The second-order valence-electron chi connectivity index (χ2n) is 30.2. The van der Waals surface area contributed by atoms with Gasteiger partial charge in [0.2, 0.25) is 5.91 Å². The average molecular weight is 1370 g/mol. The van der Waals surface area contributed by atoms with Crippen LogP contribution in [0.1, 0.15) is 450 Å². The summed E-state index contributed by atoms with van der Waals surface area (Å²) < 4.78 is 16.8. The molecule has 0 bridgehead atoms. The van der Waals surface area contributed by atoms with Crippen LogP contribution >= 0.6 is 0 Å². The van der Waals surface area contributed by atoms with Gasteiger partial charge in [-0.05, 0) is 57.8 Å². The van der Waals surface area contributed by atoms with Gasteiger partial charge >= 0.3 is 5.97 Å². The van der Waals surface area contributed by atoms with Gasteiger partial charge in [-0.1, -0.05) is 404 Å². The first-order chi connectivity index (χ1) is 47.7. The summed E-state index contributed by atoms with van der Waals surface area (Å²) in [7, 11) is 0. The fraction of sp³-hybridized carbons (Fsp3) is 0.930. The molecule has 1 saturated heterocycles. The molecule has 1 fully saturated rings. The highest BCUT2D eigenvalue weighted by Crippen LogP contribution is 2.24. The maximum Gasteiger partial charge on any atom is 0.305 e. The van der Waals surface area contributed by atoms with E-state index in [0.717, 1.165) is 51.4 Å². The lowest BCUT2D eigenvalue weighted by molar-refractivity contribution is -0.302. The molecule has 7 unspecified atom stereocenters. The lowest BCUT2D eigenvalue weighted by atomic mass is 9.99. The molecule has 11 nitrogen and oxygen atoms in total. The average Bonchev–Trinajstić information content (AvgIpc) is 0.843. The van der Waals surface area contributed by atoms with E-state index >= 15 is 0 Å². The van der Waals surface area contributed by atoms with Crippen LogP contribution in [0.5, 0.6) is 0 Å². The normalized spacial score (nSPS) is 17.3. The van der Waals surface area contributed by atoms with Crippen molar-refractivity contribution in [2.24, 2.45) is 0 Å². The number of aliphatic hydroxyl groups is 5. The van der Waals surface area contributed by atoms with Crippen molar-refractivity contribution in [3.63, 3.8) is 0 Å². The largest absolute Gasteiger partial charge is 0.466 e. The molecule has 6 N–H and O–H groups in total. The Kier molecular flexibility index (Phi) is 72.3. The molecule has 0 saturated carbocycles. The van der Waals surface area contributed by atoms with Crippen LogP contribution in [0.15, 0.2) is 24.3 Å². The van der Waals surface area contributed by atoms with Crippen molar-refractivity contribution >= 4 is 11.9 Å². The number of nitrogens with one attached hydrogen (secondary N) is 1. The Morgan fingerprint density at radius 1 is 0.371 bits per heavy atom. The maximum atomic E-state index is 13.1. The summed E-state index contributed by atoms with van der Waals surface area (Å²) in [6, 6.07) is -0.807. The van der Waals surface area contributed by atoms with Gasteiger partial charge in [-0.2, -0.15) is 0 Å². The molecule has 0 aromatic rings. The predicted molar refractivity (Wildman–Crippen MR) is 412 cm³/mol. The Hall–Kier alpha value is -1.86. The summed E-state index contributed by atoms with van der Waals surface area (Å²) in [5.41, 5.74) is 0. The first-order valence-corrected chi connectivity index (χ1v) is 43.1. The van der Waals surface area contributed by atoms with Crippen molar-refractivity contribution in [2.75, 3.05) is 19.8 Å². The van der Waals surface area contributed by atoms with Crippen molar-refractivity contribution in [1.29, 1.82) is 0 Å². The molecule has 1 aliphatic heterocycles. The maximum absolute atomic E-state index is 13.1. The summed E-state index contributed by atoms with van der Waals surface area (Å²) in [5.74, 6) is -0.152. The third-order valence-electron chi connectivity index (χ3n) is 20.8. The van der Waals surface area contributed by atoms with Crippen LogP contribution in [0, 0.1) is 0 Å². The summed E-state index contributed by atoms with van der Waals surface area (Å²) in [5, 5.41) is 54.6. The summed E-state index contributed by atoms with van der Waals surface area (Å²) in [4.78, 5) is 25.2. The minimum Gasteiger partial charge on any atom is -0.466 e. The second kappa shape index (κ2) is 75.3. The van der Waals surface area contributed by atoms with Gasteiger partial charge in [-0.3, -0.25) is 9.59 Å². The molecular formula is C86H165NO10. The molecule has 0 spiro atoms. The van der Waals surface area contributed by atoms with Crippen LogP contribution in [0.25, 0.3) is 0 Å². The van der Waals surface area contributed by atoms with Crippen LogP contribution < -0.4 is 5.32 Å². The fourth-order valence-corrected chi connectivity index (χ4v) is 14.1. The van der Waals surface area contributed by atoms with Gasteiger partial charge in [-0.15, -0.1) is 0 Å². The van der Waals surface area contributed by atoms with E-state index in [9.17, 15) is 35.1 Å². The highest BCUT2D eigenvalue weighted by atomic mass is 16.7. The summed E-state index contributed by atoms with van der Waals surface area (Å²) >= 11 is 0. The number of unbranched alkanes of at least 4 members (excludes halogenated alkanes) is 62. The first-order valence-electron chi connectivity index (χ1n) is 43.1. The van der Waals surface area contributed by atoms with E-state index in [1.807, 2.05) is 6.08 Å². The number of amides is 1. The lowest BCUT2D eigenvalue weighted by Crippen LogP contribution is -2.60. The van der Waals surface area contributed by atoms with Gasteiger partial charge in [0.1, 0.15) is 24.4 Å². The third kappa shape index (κ3) is 63.6. The Morgan fingerprint density at radius 3 is 0.990 bits per heavy atom. The smallest absolute Gasteiger partial charge is 0.305 e. The number of aliphatic hydroxyl groups excluding tert-OH is 5. The Morgan fingerprint density at radius 2 is 0.660 bits per heavy atom. The highest BCUT2D eigenvalue weighted by Gasteiger charge is 2.44. The number of carbonyl (C=O) groups excluding carboxylic acids is 2. The van der Waals surface area contributed by atoms with Crippen molar-refractivity contribution in [2.45, 2.75) is 493 Å². The molecule has 1 rings (SSSR count). The third-order valence-corrected chi connectivity index (χ3v) is 20.8. The van der Waals surface area contributed by atoms with Gasteiger partial charge < -0.3 is 45.1 Å². The van der Waals surface area contributed by atoms with Gasteiger partial charge in [0, 0.05) is 12.8 Å². The molecular weight excluding hydrogens is 1210 g/mol. The zero-order chi connectivity index (χ0) is 70.1. The van der Waals surface area contributed by atoms with Crippen LogP contribution in [0.2, 0.25) is 0 Å². The minimum atomic E-state index is -1.57. The molecule has 0 aromatic carbocycles. The summed E-state index contributed by atoms with van der Waals surface area (Å²) in [6.07, 6.45) is 88.0. The van der Waals surface area contributed by atoms with E-state index in [2.05, 4.69) is 31.3 Å². The van der Waals surface area contributed by atoms with Gasteiger partial charge in [0.15, 0.2) is 6.29 Å². The molecule has 1 amide bonds. The number of hydrogen-bond acceptors (Lipinski definition) is 10. The van der Waals surface area contributed by atoms with Crippen LogP contribution in [0.4, 0.5) is 0 Å². The monoisotopic (exact) mass is 1370 g/mol. The predicted octanol–water partition coefficient (Wildman–Crippen LogP) is 23.9. The Bertz CT molecular complexity index is 1660. The highest BCUT2D eigenvalue weighted by molar-refractivity contribution is 5.76. The van der Waals surface area contributed by atoms with Crippen LogP contribution in [0.3, 0.4) is 0 Å².